The van der Waals surface area contributed by atoms with Gasteiger partial charge in [0.1, 0.15) is 11.0 Å². The lowest BCUT2D eigenvalue weighted by molar-refractivity contribution is 0.590. The van der Waals surface area contributed by atoms with Gasteiger partial charge < -0.3 is 5.32 Å². The Bertz CT molecular complexity index is 541. The Morgan fingerprint density at radius 2 is 1.74 bits per heavy atom. The molecule has 19 heavy (non-hydrogen) atoms. The first-order chi connectivity index (χ1) is 8.95. The molecule has 0 aliphatic carbocycles. The van der Waals surface area contributed by atoms with Crippen molar-refractivity contribution in [2.24, 2.45) is 0 Å². The van der Waals surface area contributed by atoms with Gasteiger partial charge in [-0.3, -0.25) is 0 Å². The molecular weight excluding hydrogens is 256 g/mol. The number of benzene rings is 1. The van der Waals surface area contributed by atoms with Crippen LogP contribution in [0.5, 0.6) is 0 Å². The zero-order chi connectivity index (χ0) is 13.9. The lowest BCUT2D eigenvalue weighted by Crippen LogP contribution is -2.11. The summed E-state index contributed by atoms with van der Waals surface area (Å²) >= 11 is 5.85. The number of hydrogen-bond donors (Lipinski definition) is 1. The quantitative estimate of drug-likeness (QED) is 0.825. The smallest absolute Gasteiger partial charge is 0.131 e. The summed E-state index contributed by atoms with van der Waals surface area (Å²) in [6, 6.07) is 14.2. The van der Waals surface area contributed by atoms with Gasteiger partial charge in [-0.25, -0.2) is 4.98 Å². The second kappa shape index (κ2) is 5.62. The molecule has 0 spiro atoms. The minimum Gasteiger partial charge on any atom is -0.366 e. The van der Waals surface area contributed by atoms with Crippen molar-refractivity contribution < 1.29 is 0 Å². The van der Waals surface area contributed by atoms with E-state index in [-0.39, 0.29) is 5.41 Å². The van der Waals surface area contributed by atoms with Gasteiger partial charge in [0.25, 0.3) is 0 Å². The molecule has 1 N–H and O–H groups in total. The standard InChI is InChI=1S/C16H19ClN2/c1-16(2,3)13-9-7-12(8-10-13)11-18-15-6-4-5-14(17)19-15/h4-10H,11H2,1-3H3,(H,18,19). The lowest BCUT2D eigenvalue weighted by atomic mass is 9.87. The summed E-state index contributed by atoms with van der Waals surface area (Å²) in [7, 11) is 0. The first kappa shape index (κ1) is 13.9. The fraction of sp³-hybridized carbons (Fsp3) is 0.312. The summed E-state index contributed by atoms with van der Waals surface area (Å²) in [6.07, 6.45) is 0. The second-order valence-electron chi connectivity index (χ2n) is 5.65. The SMILES string of the molecule is CC(C)(C)c1ccc(CNc2cccc(Cl)n2)cc1. The molecule has 0 unspecified atom stereocenters. The van der Waals surface area contributed by atoms with Crippen LogP contribution in [0.1, 0.15) is 31.9 Å². The molecule has 0 bridgehead atoms. The van der Waals surface area contributed by atoms with Crippen molar-refractivity contribution in [3.05, 3.63) is 58.7 Å². The average molecular weight is 275 g/mol. The maximum absolute atomic E-state index is 5.85. The van der Waals surface area contributed by atoms with Crippen molar-refractivity contribution in [1.29, 1.82) is 0 Å². The first-order valence-corrected chi connectivity index (χ1v) is 6.79. The number of halogens is 1. The lowest BCUT2D eigenvalue weighted by Gasteiger charge is -2.19. The topological polar surface area (TPSA) is 24.9 Å². The maximum atomic E-state index is 5.85. The van der Waals surface area contributed by atoms with E-state index in [1.165, 1.54) is 11.1 Å². The monoisotopic (exact) mass is 274 g/mol. The Morgan fingerprint density at radius 1 is 1.05 bits per heavy atom. The van der Waals surface area contributed by atoms with Crippen molar-refractivity contribution in [3.8, 4) is 0 Å². The van der Waals surface area contributed by atoms with E-state index in [2.05, 4.69) is 55.3 Å². The minimum atomic E-state index is 0.195. The molecule has 0 aliphatic rings. The summed E-state index contributed by atoms with van der Waals surface area (Å²) in [6.45, 7) is 7.40. The Labute approximate surface area is 119 Å². The van der Waals surface area contributed by atoms with Gasteiger partial charge in [0.05, 0.1) is 0 Å². The highest BCUT2D eigenvalue weighted by molar-refractivity contribution is 6.29. The van der Waals surface area contributed by atoms with Gasteiger partial charge >= 0.3 is 0 Å². The maximum Gasteiger partial charge on any atom is 0.131 e. The zero-order valence-corrected chi connectivity index (χ0v) is 12.3. The number of nitrogens with zero attached hydrogens (tertiary/aromatic N) is 1. The van der Waals surface area contributed by atoms with Gasteiger partial charge in [0.2, 0.25) is 0 Å². The van der Waals surface area contributed by atoms with Crippen molar-refractivity contribution in [1.82, 2.24) is 4.98 Å². The molecule has 0 atom stereocenters. The van der Waals surface area contributed by atoms with Crippen molar-refractivity contribution >= 4 is 17.4 Å². The first-order valence-electron chi connectivity index (χ1n) is 6.41. The molecule has 0 radical (unpaired) electrons. The van der Waals surface area contributed by atoms with Crippen LogP contribution in [0.2, 0.25) is 5.15 Å². The zero-order valence-electron chi connectivity index (χ0n) is 11.6. The van der Waals surface area contributed by atoms with Crippen LogP contribution in [-0.2, 0) is 12.0 Å². The third-order valence-corrected chi connectivity index (χ3v) is 3.22. The molecule has 0 saturated carbocycles. The van der Waals surface area contributed by atoms with Gasteiger partial charge in [-0.2, -0.15) is 0 Å². The molecule has 100 valence electrons. The summed E-state index contributed by atoms with van der Waals surface area (Å²) in [5.41, 5.74) is 2.77. The van der Waals surface area contributed by atoms with Crippen LogP contribution in [0.4, 0.5) is 5.82 Å². The predicted molar refractivity (Wildman–Crippen MR) is 81.7 cm³/mol. The van der Waals surface area contributed by atoms with Gasteiger partial charge in [-0.15, -0.1) is 0 Å². The van der Waals surface area contributed by atoms with E-state index in [1.54, 1.807) is 6.07 Å². The molecule has 1 heterocycles. The molecule has 0 aliphatic heterocycles. The fourth-order valence-corrected chi connectivity index (χ4v) is 1.99. The molecule has 2 aromatic rings. The molecule has 1 aromatic heterocycles. The molecule has 0 fully saturated rings. The normalized spacial score (nSPS) is 11.4. The number of rotatable bonds is 3. The van der Waals surface area contributed by atoms with Crippen molar-refractivity contribution in [2.75, 3.05) is 5.32 Å². The van der Waals surface area contributed by atoms with Crippen LogP contribution in [-0.4, -0.2) is 4.98 Å². The highest BCUT2D eigenvalue weighted by atomic mass is 35.5. The number of pyridine rings is 1. The number of aromatic nitrogens is 1. The van der Waals surface area contributed by atoms with Crippen molar-refractivity contribution in [2.45, 2.75) is 32.7 Å². The largest absolute Gasteiger partial charge is 0.366 e. The fourth-order valence-electron chi connectivity index (χ4n) is 1.82. The van der Waals surface area contributed by atoms with E-state index in [1.807, 2.05) is 12.1 Å². The van der Waals surface area contributed by atoms with Crippen LogP contribution < -0.4 is 5.32 Å². The molecule has 0 amide bonds. The molecule has 0 saturated heterocycles. The Kier molecular flexibility index (Phi) is 4.11. The average Bonchev–Trinajstić information content (AvgIpc) is 2.36. The van der Waals surface area contributed by atoms with Gasteiger partial charge in [-0.1, -0.05) is 62.7 Å². The Morgan fingerprint density at radius 3 is 2.32 bits per heavy atom. The van der Waals surface area contributed by atoms with Gasteiger partial charge in [-0.05, 0) is 28.7 Å². The highest BCUT2D eigenvalue weighted by Crippen LogP contribution is 2.22. The van der Waals surface area contributed by atoms with Crippen molar-refractivity contribution in [3.63, 3.8) is 0 Å². The Balaban J connectivity index is 2.01. The van der Waals surface area contributed by atoms with E-state index in [0.717, 1.165) is 12.4 Å². The number of anilines is 1. The molecular formula is C16H19ClN2. The molecule has 3 heteroatoms. The molecule has 1 aromatic carbocycles. The predicted octanol–water partition coefficient (Wildman–Crippen LogP) is 4.64. The van der Waals surface area contributed by atoms with Crippen LogP contribution >= 0.6 is 11.6 Å². The minimum absolute atomic E-state index is 0.195. The van der Waals surface area contributed by atoms with Crippen LogP contribution in [0.25, 0.3) is 0 Å². The summed E-state index contributed by atoms with van der Waals surface area (Å²) in [4.78, 5) is 4.20. The van der Waals surface area contributed by atoms with E-state index in [0.29, 0.717) is 5.15 Å². The van der Waals surface area contributed by atoms with E-state index in [4.69, 9.17) is 11.6 Å². The van der Waals surface area contributed by atoms with Crippen LogP contribution in [0, 0.1) is 0 Å². The van der Waals surface area contributed by atoms with Crippen LogP contribution in [0.15, 0.2) is 42.5 Å². The molecule has 2 rings (SSSR count). The third-order valence-electron chi connectivity index (χ3n) is 3.01. The third kappa shape index (κ3) is 3.97. The van der Waals surface area contributed by atoms with Crippen LogP contribution in [0.3, 0.4) is 0 Å². The second-order valence-corrected chi connectivity index (χ2v) is 6.03. The highest BCUT2D eigenvalue weighted by Gasteiger charge is 2.12. The van der Waals surface area contributed by atoms with Gasteiger partial charge in [0, 0.05) is 6.54 Å². The molecule has 2 nitrogen and oxygen atoms in total. The van der Waals surface area contributed by atoms with Gasteiger partial charge in [0.15, 0.2) is 0 Å². The van der Waals surface area contributed by atoms with E-state index < -0.39 is 0 Å². The summed E-state index contributed by atoms with van der Waals surface area (Å²) in [5.74, 6) is 0.799. The number of hydrogen-bond acceptors (Lipinski definition) is 2. The van der Waals surface area contributed by atoms with E-state index in [9.17, 15) is 0 Å². The Hall–Kier alpha value is -1.54. The summed E-state index contributed by atoms with van der Waals surface area (Å²) in [5, 5.41) is 3.77. The number of nitrogens with one attached hydrogen (secondary N) is 1. The van der Waals surface area contributed by atoms with E-state index >= 15 is 0 Å². The summed E-state index contributed by atoms with van der Waals surface area (Å²) < 4.78 is 0.